The Labute approximate surface area is 163 Å². The second kappa shape index (κ2) is 7.12. The fourth-order valence-electron chi connectivity index (χ4n) is 3.19. The fourth-order valence-corrected chi connectivity index (χ4v) is 4.17. The molecule has 28 heavy (non-hydrogen) atoms. The van der Waals surface area contributed by atoms with Crippen LogP contribution in [0.5, 0.6) is 0 Å². The number of fused-ring (bicyclic) bond motifs is 1. The van der Waals surface area contributed by atoms with E-state index in [2.05, 4.69) is 15.4 Å². The highest BCUT2D eigenvalue weighted by Crippen LogP contribution is 2.30. The van der Waals surface area contributed by atoms with Crippen LogP contribution >= 0.6 is 11.3 Å². The van der Waals surface area contributed by atoms with E-state index in [-0.39, 0.29) is 17.9 Å². The lowest BCUT2D eigenvalue weighted by Crippen LogP contribution is -2.39. The highest BCUT2D eigenvalue weighted by atomic mass is 32.1. The molecule has 1 unspecified atom stereocenters. The van der Waals surface area contributed by atoms with Crippen molar-refractivity contribution in [3.05, 3.63) is 40.7 Å². The molecule has 2 heterocycles. The van der Waals surface area contributed by atoms with Gasteiger partial charge in [0.1, 0.15) is 17.6 Å². The Morgan fingerprint density at radius 3 is 2.68 bits per heavy atom. The summed E-state index contributed by atoms with van der Waals surface area (Å²) in [4.78, 5) is 41.2. The Hall–Kier alpha value is -3.14. The molecule has 0 bridgehead atoms. The molecule has 10 heteroatoms. The summed E-state index contributed by atoms with van der Waals surface area (Å²) in [5.41, 5.74) is 6.70. The minimum absolute atomic E-state index is 0.0164. The molecule has 0 saturated carbocycles. The number of nitrogens with one attached hydrogen (secondary N) is 1. The number of rotatable bonds is 4. The average molecular weight is 401 g/mol. The van der Waals surface area contributed by atoms with Crippen molar-refractivity contribution in [1.82, 2.24) is 4.98 Å². The molecule has 4 rings (SSSR count). The molecule has 144 valence electrons. The van der Waals surface area contributed by atoms with Gasteiger partial charge in [0, 0.05) is 12.8 Å². The molecule has 1 aromatic carbocycles. The molecule has 0 fully saturated rings. The molecule has 1 aliphatic heterocycles. The van der Waals surface area contributed by atoms with Gasteiger partial charge in [-0.15, -0.1) is 0 Å². The van der Waals surface area contributed by atoms with Gasteiger partial charge in [0.15, 0.2) is 10.9 Å². The number of benzene rings is 1. The van der Waals surface area contributed by atoms with Crippen LogP contribution in [0, 0.1) is 5.82 Å². The third-order valence-electron chi connectivity index (χ3n) is 4.58. The molecule has 2 aliphatic rings. The van der Waals surface area contributed by atoms with Crippen LogP contribution in [0.1, 0.15) is 34.6 Å². The average Bonchev–Trinajstić information content (AvgIpc) is 3.27. The highest BCUT2D eigenvalue weighted by Gasteiger charge is 2.35. The van der Waals surface area contributed by atoms with Crippen LogP contribution in [0.2, 0.25) is 0 Å². The SMILES string of the molecule is NC(=O)C1CC(C(=O)Nc2nc3c(s2)C(=O)CCC3)=NN1c1ccc(F)cc1. The predicted molar refractivity (Wildman–Crippen MR) is 102 cm³/mol. The maximum atomic E-state index is 13.2. The van der Waals surface area contributed by atoms with E-state index in [0.717, 1.165) is 17.8 Å². The van der Waals surface area contributed by atoms with Gasteiger partial charge in [-0.25, -0.2) is 9.37 Å². The lowest BCUT2D eigenvalue weighted by molar-refractivity contribution is -0.119. The van der Waals surface area contributed by atoms with Crippen molar-refractivity contribution >= 4 is 45.5 Å². The van der Waals surface area contributed by atoms with Crippen LogP contribution in [0.15, 0.2) is 29.4 Å². The third kappa shape index (κ3) is 3.38. The molecule has 1 aromatic heterocycles. The van der Waals surface area contributed by atoms with E-state index < -0.39 is 23.7 Å². The molecule has 8 nitrogen and oxygen atoms in total. The number of aromatic nitrogens is 1. The van der Waals surface area contributed by atoms with Gasteiger partial charge in [0.25, 0.3) is 5.91 Å². The van der Waals surface area contributed by atoms with Crippen LogP contribution in [0.3, 0.4) is 0 Å². The zero-order valence-corrected chi connectivity index (χ0v) is 15.5. The van der Waals surface area contributed by atoms with Crippen molar-refractivity contribution in [1.29, 1.82) is 0 Å². The zero-order valence-electron chi connectivity index (χ0n) is 14.6. The number of nitrogens with zero attached hydrogens (tertiary/aromatic N) is 3. The number of hydrazone groups is 1. The number of amides is 2. The molecule has 0 saturated heterocycles. The van der Waals surface area contributed by atoms with Crippen LogP contribution in [-0.4, -0.2) is 34.3 Å². The Bertz CT molecular complexity index is 1000. The number of hydrogen-bond acceptors (Lipinski definition) is 7. The maximum Gasteiger partial charge on any atom is 0.273 e. The quantitative estimate of drug-likeness (QED) is 0.811. The van der Waals surface area contributed by atoms with Gasteiger partial charge in [-0.1, -0.05) is 11.3 Å². The number of carbonyl (C=O) groups excluding carboxylic acids is 3. The van der Waals surface area contributed by atoms with Crippen molar-refractivity contribution in [3.8, 4) is 0 Å². The number of Topliss-reactive ketones (excluding diaryl/α,β-unsaturated/α-hetero) is 1. The van der Waals surface area contributed by atoms with Gasteiger partial charge in [-0.2, -0.15) is 5.10 Å². The molecule has 2 aromatic rings. The van der Waals surface area contributed by atoms with E-state index in [9.17, 15) is 18.8 Å². The summed E-state index contributed by atoms with van der Waals surface area (Å²) in [7, 11) is 0. The number of thiazole rings is 1. The summed E-state index contributed by atoms with van der Waals surface area (Å²) in [6.07, 6.45) is 1.96. The summed E-state index contributed by atoms with van der Waals surface area (Å²) < 4.78 is 13.2. The van der Waals surface area contributed by atoms with Gasteiger partial charge in [-0.05, 0) is 37.1 Å². The Morgan fingerprint density at radius 1 is 1.25 bits per heavy atom. The van der Waals surface area contributed by atoms with Crippen molar-refractivity contribution < 1.29 is 18.8 Å². The molecule has 1 atom stereocenters. The van der Waals surface area contributed by atoms with E-state index in [4.69, 9.17) is 5.73 Å². The Balaban J connectivity index is 1.55. The van der Waals surface area contributed by atoms with Gasteiger partial charge in [-0.3, -0.25) is 24.7 Å². The first kappa shape index (κ1) is 18.2. The molecule has 0 radical (unpaired) electrons. The Kier molecular flexibility index (Phi) is 4.63. The van der Waals surface area contributed by atoms with E-state index >= 15 is 0 Å². The summed E-state index contributed by atoms with van der Waals surface area (Å²) in [5, 5.41) is 8.49. The number of primary amides is 1. The van der Waals surface area contributed by atoms with Gasteiger partial charge in [0.2, 0.25) is 5.91 Å². The molecule has 0 spiro atoms. The van der Waals surface area contributed by atoms with E-state index in [0.29, 0.717) is 34.2 Å². The van der Waals surface area contributed by atoms with Gasteiger partial charge < -0.3 is 5.73 Å². The normalized spacial score (nSPS) is 18.6. The first-order valence-corrected chi connectivity index (χ1v) is 9.50. The molecular weight excluding hydrogens is 385 g/mol. The van der Waals surface area contributed by atoms with Crippen LogP contribution in [0.4, 0.5) is 15.2 Å². The van der Waals surface area contributed by atoms with Crippen LogP contribution in [-0.2, 0) is 16.0 Å². The van der Waals surface area contributed by atoms with E-state index in [1.807, 2.05) is 0 Å². The number of hydrogen-bond donors (Lipinski definition) is 2. The number of carbonyl (C=O) groups is 3. The zero-order chi connectivity index (χ0) is 19.8. The molecule has 3 N–H and O–H groups in total. The summed E-state index contributed by atoms with van der Waals surface area (Å²) in [5.74, 6) is -1.56. The number of anilines is 2. The van der Waals surface area contributed by atoms with Crippen molar-refractivity contribution in [2.45, 2.75) is 31.7 Å². The number of nitrogens with two attached hydrogens (primary N) is 1. The van der Waals surface area contributed by atoms with Crippen molar-refractivity contribution in [2.75, 3.05) is 10.3 Å². The second-order valence-corrected chi connectivity index (χ2v) is 7.51. The van der Waals surface area contributed by atoms with Gasteiger partial charge in [0.05, 0.1) is 16.3 Å². The summed E-state index contributed by atoms with van der Waals surface area (Å²) in [6, 6.07) is 4.53. The van der Waals surface area contributed by atoms with Crippen LogP contribution in [0.25, 0.3) is 0 Å². The lowest BCUT2D eigenvalue weighted by Gasteiger charge is -2.20. The summed E-state index contributed by atoms with van der Waals surface area (Å²) in [6.45, 7) is 0. The predicted octanol–water partition coefficient (Wildman–Crippen LogP) is 1.86. The van der Waals surface area contributed by atoms with Crippen LogP contribution < -0.4 is 16.1 Å². The molecule has 1 aliphatic carbocycles. The van der Waals surface area contributed by atoms with Crippen molar-refractivity contribution in [3.63, 3.8) is 0 Å². The number of aryl methyl sites for hydroxylation is 1. The van der Waals surface area contributed by atoms with E-state index in [1.165, 1.54) is 29.3 Å². The minimum atomic E-state index is -0.850. The topological polar surface area (TPSA) is 118 Å². The Morgan fingerprint density at radius 2 is 2.00 bits per heavy atom. The van der Waals surface area contributed by atoms with Gasteiger partial charge >= 0.3 is 0 Å². The third-order valence-corrected chi connectivity index (χ3v) is 5.63. The fraction of sp³-hybridized carbons (Fsp3) is 0.278. The first-order chi connectivity index (χ1) is 13.4. The lowest BCUT2D eigenvalue weighted by atomic mass is 10.0. The standard InChI is InChI=1S/C18H16FN5O3S/c19-9-4-6-10(7-5-9)24-13(16(20)26)8-12(23-24)17(27)22-18-21-11-2-1-3-14(25)15(11)28-18/h4-7,13H,1-3,8H2,(H2,20,26)(H,21,22,27). The highest BCUT2D eigenvalue weighted by molar-refractivity contribution is 7.17. The molecular formula is C18H16FN5O3S. The molecule has 2 amide bonds. The number of ketones is 1. The largest absolute Gasteiger partial charge is 0.368 e. The maximum absolute atomic E-state index is 13.2. The number of halogens is 1. The van der Waals surface area contributed by atoms with E-state index in [1.54, 1.807) is 0 Å². The second-order valence-electron chi connectivity index (χ2n) is 6.52. The summed E-state index contributed by atoms with van der Waals surface area (Å²) >= 11 is 1.14. The monoisotopic (exact) mass is 401 g/mol. The first-order valence-electron chi connectivity index (χ1n) is 8.68. The minimum Gasteiger partial charge on any atom is -0.368 e. The van der Waals surface area contributed by atoms with Crippen molar-refractivity contribution in [2.24, 2.45) is 10.8 Å². The smallest absolute Gasteiger partial charge is 0.273 e.